The molecule has 1 rings (SSSR count). The van der Waals surface area contributed by atoms with Crippen molar-refractivity contribution in [1.29, 1.82) is 0 Å². The van der Waals surface area contributed by atoms with Gasteiger partial charge in [-0.25, -0.2) is 9.79 Å². The zero-order valence-corrected chi connectivity index (χ0v) is 11.3. The SMILES string of the molecule is CCC(N=C=O)[Si](OC)(OC)c1ccccc1. The van der Waals surface area contributed by atoms with Crippen LogP contribution in [0, 0.1) is 0 Å². The number of isocyanates is 1. The Morgan fingerprint density at radius 3 is 2.29 bits per heavy atom. The minimum Gasteiger partial charge on any atom is -0.393 e. The van der Waals surface area contributed by atoms with Crippen molar-refractivity contribution in [2.75, 3.05) is 14.2 Å². The van der Waals surface area contributed by atoms with E-state index in [4.69, 9.17) is 8.85 Å². The minimum absolute atomic E-state index is 0.280. The highest BCUT2D eigenvalue weighted by atomic mass is 28.4. The molecule has 4 nitrogen and oxygen atoms in total. The van der Waals surface area contributed by atoms with Crippen LogP contribution < -0.4 is 5.19 Å². The molecule has 5 heteroatoms. The number of nitrogens with zero attached hydrogens (tertiary/aromatic N) is 1. The largest absolute Gasteiger partial charge is 0.398 e. The van der Waals surface area contributed by atoms with Gasteiger partial charge >= 0.3 is 8.56 Å². The van der Waals surface area contributed by atoms with E-state index in [9.17, 15) is 4.79 Å². The fraction of sp³-hybridized carbons (Fsp3) is 0.417. The first kappa shape index (κ1) is 13.8. The van der Waals surface area contributed by atoms with Gasteiger partial charge in [0.15, 0.2) is 0 Å². The Balaban J connectivity index is 3.25. The van der Waals surface area contributed by atoms with E-state index in [0.29, 0.717) is 6.42 Å². The van der Waals surface area contributed by atoms with E-state index in [1.165, 1.54) is 0 Å². The summed E-state index contributed by atoms with van der Waals surface area (Å²) in [4.78, 5) is 14.3. The van der Waals surface area contributed by atoms with Gasteiger partial charge < -0.3 is 8.85 Å². The molecule has 0 radical (unpaired) electrons. The van der Waals surface area contributed by atoms with Gasteiger partial charge in [0.25, 0.3) is 0 Å². The topological polar surface area (TPSA) is 47.9 Å². The summed E-state index contributed by atoms with van der Waals surface area (Å²) in [6, 6.07) is 9.67. The molecule has 0 aromatic heterocycles. The van der Waals surface area contributed by atoms with Crippen LogP contribution in [0.1, 0.15) is 13.3 Å². The maximum Gasteiger partial charge on any atom is 0.398 e. The number of hydrogen-bond donors (Lipinski definition) is 0. The van der Waals surface area contributed by atoms with Crippen LogP contribution in [0.4, 0.5) is 0 Å². The first-order chi connectivity index (χ1) is 8.25. The number of rotatable bonds is 6. The Bertz CT molecular complexity index is 386. The van der Waals surface area contributed by atoms with E-state index in [-0.39, 0.29) is 5.67 Å². The molecule has 0 saturated heterocycles. The summed E-state index contributed by atoms with van der Waals surface area (Å²) in [6.07, 6.45) is 2.29. The summed E-state index contributed by atoms with van der Waals surface area (Å²) >= 11 is 0. The quantitative estimate of drug-likeness (QED) is 0.435. The fourth-order valence-electron chi connectivity index (χ4n) is 1.96. The first-order valence-corrected chi connectivity index (χ1v) is 7.37. The Labute approximate surface area is 103 Å². The molecule has 1 atom stereocenters. The van der Waals surface area contributed by atoms with E-state index in [1.54, 1.807) is 20.3 Å². The molecule has 0 bridgehead atoms. The van der Waals surface area contributed by atoms with Gasteiger partial charge in [-0.2, -0.15) is 0 Å². The van der Waals surface area contributed by atoms with Crippen LogP contribution in [-0.2, 0) is 13.6 Å². The van der Waals surface area contributed by atoms with Crippen molar-refractivity contribution < 1.29 is 13.6 Å². The van der Waals surface area contributed by atoms with Gasteiger partial charge in [-0.05, 0) is 11.6 Å². The van der Waals surface area contributed by atoms with Crippen molar-refractivity contribution in [1.82, 2.24) is 0 Å². The van der Waals surface area contributed by atoms with Crippen molar-refractivity contribution >= 4 is 19.8 Å². The van der Waals surface area contributed by atoms with Crippen molar-refractivity contribution in [3.63, 3.8) is 0 Å². The molecule has 0 aliphatic heterocycles. The molecule has 1 unspecified atom stereocenters. The summed E-state index contributed by atoms with van der Waals surface area (Å²) in [6.45, 7) is 1.95. The van der Waals surface area contributed by atoms with E-state index in [1.807, 2.05) is 37.3 Å². The van der Waals surface area contributed by atoms with Crippen molar-refractivity contribution in [2.24, 2.45) is 4.99 Å². The molecule has 0 N–H and O–H groups in total. The molecule has 0 heterocycles. The number of aliphatic imine (C=N–C) groups is 1. The first-order valence-electron chi connectivity index (χ1n) is 5.48. The molecule has 1 aromatic carbocycles. The highest BCUT2D eigenvalue weighted by Crippen LogP contribution is 2.17. The zero-order chi connectivity index (χ0) is 12.7. The minimum atomic E-state index is -2.70. The Morgan fingerprint density at radius 1 is 1.29 bits per heavy atom. The second-order valence-electron chi connectivity index (χ2n) is 3.59. The molecule has 0 amide bonds. The lowest BCUT2D eigenvalue weighted by Gasteiger charge is -2.31. The molecular formula is C12H17NO3Si. The van der Waals surface area contributed by atoms with Crippen LogP contribution in [0.5, 0.6) is 0 Å². The summed E-state index contributed by atoms with van der Waals surface area (Å²) < 4.78 is 11.2. The van der Waals surface area contributed by atoms with Gasteiger partial charge in [0.05, 0.1) is 0 Å². The molecule has 0 aliphatic carbocycles. The monoisotopic (exact) mass is 251 g/mol. The number of hydrogen-bond acceptors (Lipinski definition) is 4. The van der Waals surface area contributed by atoms with Gasteiger partial charge in [0.1, 0.15) is 5.67 Å². The van der Waals surface area contributed by atoms with E-state index in [2.05, 4.69) is 4.99 Å². The molecule has 0 aliphatic rings. The predicted octanol–water partition coefficient (Wildman–Crippen LogP) is 1.28. The molecule has 92 valence electrons. The molecule has 0 spiro atoms. The normalized spacial score (nSPS) is 12.9. The zero-order valence-electron chi connectivity index (χ0n) is 10.3. The highest BCUT2D eigenvalue weighted by molar-refractivity contribution is 6.82. The smallest absolute Gasteiger partial charge is 0.393 e. The molecule has 0 fully saturated rings. The van der Waals surface area contributed by atoms with Gasteiger partial charge in [-0.15, -0.1) is 0 Å². The van der Waals surface area contributed by atoms with Crippen LogP contribution in [0.15, 0.2) is 35.3 Å². The maximum atomic E-state index is 10.5. The highest BCUT2D eigenvalue weighted by Gasteiger charge is 2.46. The van der Waals surface area contributed by atoms with Gasteiger partial charge in [0, 0.05) is 14.2 Å². The van der Waals surface area contributed by atoms with Gasteiger partial charge in [0.2, 0.25) is 6.08 Å². The maximum absolute atomic E-state index is 10.5. The molecule has 1 aromatic rings. The van der Waals surface area contributed by atoms with Crippen LogP contribution in [-0.4, -0.2) is 34.5 Å². The number of carbonyl (C=O) groups excluding carboxylic acids is 1. The third kappa shape index (κ3) is 2.70. The summed E-state index contributed by atoms with van der Waals surface area (Å²) in [5.41, 5.74) is -0.280. The van der Waals surface area contributed by atoms with Crippen LogP contribution in [0.2, 0.25) is 0 Å². The Morgan fingerprint density at radius 2 is 1.88 bits per heavy atom. The van der Waals surface area contributed by atoms with Crippen molar-refractivity contribution in [2.45, 2.75) is 19.0 Å². The lowest BCUT2D eigenvalue weighted by Crippen LogP contribution is -2.61. The summed E-state index contributed by atoms with van der Waals surface area (Å²) in [5, 5.41) is 0.968. The van der Waals surface area contributed by atoms with E-state index < -0.39 is 8.56 Å². The number of benzene rings is 1. The average molecular weight is 251 g/mol. The molecular weight excluding hydrogens is 234 g/mol. The average Bonchev–Trinajstić information content (AvgIpc) is 2.40. The van der Waals surface area contributed by atoms with Gasteiger partial charge in [-0.3, -0.25) is 0 Å². The van der Waals surface area contributed by atoms with Crippen LogP contribution in [0.25, 0.3) is 0 Å². The fourth-order valence-corrected chi connectivity index (χ4v) is 4.95. The van der Waals surface area contributed by atoms with Crippen LogP contribution >= 0.6 is 0 Å². The third-order valence-corrected chi connectivity index (χ3v) is 6.58. The second-order valence-corrected chi connectivity index (χ2v) is 6.98. The molecule has 17 heavy (non-hydrogen) atoms. The Kier molecular flexibility index (Phi) is 5.25. The standard InChI is InChI=1S/C12H17NO3Si/c1-4-12(13-10-14)17(15-2,16-3)11-8-6-5-7-9-11/h5-9,12H,4H2,1-3H3. The van der Waals surface area contributed by atoms with E-state index >= 15 is 0 Å². The van der Waals surface area contributed by atoms with E-state index in [0.717, 1.165) is 5.19 Å². The molecule has 0 saturated carbocycles. The second kappa shape index (κ2) is 6.47. The van der Waals surface area contributed by atoms with Crippen LogP contribution in [0.3, 0.4) is 0 Å². The lowest BCUT2D eigenvalue weighted by molar-refractivity contribution is 0.245. The van der Waals surface area contributed by atoms with Crippen molar-refractivity contribution in [3.8, 4) is 0 Å². The lowest BCUT2D eigenvalue weighted by atomic mass is 10.4. The summed E-state index contributed by atoms with van der Waals surface area (Å²) in [7, 11) is 0.507. The predicted molar refractivity (Wildman–Crippen MR) is 68.0 cm³/mol. The van der Waals surface area contributed by atoms with Gasteiger partial charge in [-0.1, -0.05) is 37.3 Å². The Hall–Kier alpha value is -1.26. The van der Waals surface area contributed by atoms with Crippen molar-refractivity contribution in [3.05, 3.63) is 30.3 Å². The third-order valence-electron chi connectivity index (χ3n) is 2.82. The summed E-state index contributed by atoms with van der Waals surface area (Å²) in [5.74, 6) is 0.